The first-order valence-electron chi connectivity index (χ1n) is 5.39. The second-order valence-electron chi connectivity index (χ2n) is 4.67. The van der Waals surface area contributed by atoms with Gasteiger partial charge in [-0.15, -0.1) is 11.6 Å². The Morgan fingerprint density at radius 2 is 2.19 bits per heavy atom. The van der Waals surface area contributed by atoms with Crippen molar-refractivity contribution in [3.8, 4) is 0 Å². The van der Waals surface area contributed by atoms with Gasteiger partial charge >= 0.3 is 0 Å². The largest absolute Gasteiger partial charge is 0.351 e. The fraction of sp³-hybridized carbons (Fsp3) is 0.636. The van der Waals surface area contributed by atoms with Crippen LogP contribution < -0.4 is 4.90 Å². The first kappa shape index (κ1) is 11.9. The Hall–Kier alpha value is -0.540. The summed E-state index contributed by atoms with van der Waals surface area (Å²) in [6.07, 6.45) is 3.84. The highest BCUT2D eigenvalue weighted by molar-refractivity contribution is 6.31. The molecular weight excluding hydrogens is 245 g/mol. The van der Waals surface area contributed by atoms with Crippen LogP contribution in [0.1, 0.15) is 32.3 Å². The van der Waals surface area contributed by atoms with E-state index in [2.05, 4.69) is 28.7 Å². The molecule has 1 aromatic heterocycles. The molecule has 0 aromatic carbocycles. The van der Waals surface area contributed by atoms with E-state index in [0.29, 0.717) is 11.0 Å². The van der Waals surface area contributed by atoms with E-state index in [-0.39, 0.29) is 5.54 Å². The van der Waals surface area contributed by atoms with Crippen molar-refractivity contribution in [3.05, 3.63) is 17.0 Å². The predicted molar refractivity (Wildman–Crippen MR) is 67.3 cm³/mol. The number of alkyl halides is 1. The van der Waals surface area contributed by atoms with Crippen LogP contribution in [-0.4, -0.2) is 22.1 Å². The van der Waals surface area contributed by atoms with Crippen LogP contribution in [0.5, 0.6) is 0 Å². The lowest BCUT2D eigenvalue weighted by atomic mass is 10.0. The number of nitrogens with zero attached hydrogens (tertiary/aromatic N) is 3. The molecule has 5 heteroatoms. The quantitative estimate of drug-likeness (QED) is 0.603. The Kier molecular flexibility index (Phi) is 3.27. The third-order valence-corrected chi connectivity index (χ3v) is 3.75. The third kappa shape index (κ3) is 1.98. The minimum absolute atomic E-state index is 0.124. The number of hydrogen-bond acceptors (Lipinski definition) is 3. The summed E-state index contributed by atoms with van der Waals surface area (Å²) in [6, 6.07) is 0. The summed E-state index contributed by atoms with van der Waals surface area (Å²) < 4.78 is 0. The highest BCUT2D eigenvalue weighted by atomic mass is 35.5. The fourth-order valence-electron chi connectivity index (χ4n) is 2.23. The molecule has 1 aliphatic rings. The number of anilines is 1. The maximum absolute atomic E-state index is 6.04. The van der Waals surface area contributed by atoms with E-state index in [4.69, 9.17) is 23.2 Å². The molecule has 0 N–H and O–H groups in total. The SMILES string of the molecule is CC1(C)CCCN1c1ncnc(Cl)c1CCl. The van der Waals surface area contributed by atoms with E-state index in [0.717, 1.165) is 24.3 Å². The van der Waals surface area contributed by atoms with Gasteiger partial charge in [-0.2, -0.15) is 0 Å². The zero-order valence-corrected chi connectivity index (χ0v) is 11.0. The van der Waals surface area contributed by atoms with Crippen LogP contribution in [0.3, 0.4) is 0 Å². The van der Waals surface area contributed by atoms with Gasteiger partial charge in [0.25, 0.3) is 0 Å². The highest BCUT2D eigenvalue weighted by Gasteiger charge is 2.34. The molecule has 0 unspecified atom stereocenters. The number of aromatic nitrogens is 2. The first-order chi connectivity index (χ1) is 7.56. The van der Waals surface area contributed by atoms with Crippen molar-refractivity contribution in [2.24, 2.45) is 0 Å². The first-order valence-corrected chi connectivity index (χ1v) is 6.30. The van der Waals surface area contributed by atoms with Crippen LogP contribution in [-0.2, 0) is 5.88 Å². The van der Waals surface area contributed by atoms with E-state index in [9.17, 15) is 0 Å². The van der Waals surface area contributed by atoms with Crippen LogP contribution in [0.15, 0.2) is 6.33 Å². The Labute approximate surface area is 106 Å². The fourth-order valence-corrected chi connectivity index (χ4v) is 2.74. The molecule has 16 heavy (non-hydrogen) atoms. The Morgan fingerprint density at radius 1 is 1.44 bits per heavy atom. The number of halogens is 2. The van der Waals surface area contributed by atoms with Crippen molar-refractivity contribution in [1.82, 2.24) is 9.97 Å². The van der Waals surface area contributed by atoms with Gasteiger partial charge < -0.3 is 4.90 Å². The second kappa shape index (κ2) is 4.38. The molecule has 0 aliphatic carbocycles. The van der Waals surface area contributed by atoms with Crippen LogP contribution in [0.4, 0.5) is 5.82 Å². The minimum atomic E-state index is 0.124. The van der Waals surface area contributed by atoms with Crippen molar-refractivity contribution >= 4 is 29.0 Å². The van der Waals surface area contributed by atoms with Gasteiger partial charge in [-0.1, -0.05) is 11.6 Å². The van der Waals surface area contributed by atoms with Crippen LogP contribution in [0, 0.1) is 0 Å². The van der Waals surface area contributed by atoms with Crippen LogP contribution >= 0.6 is 23.2 Å². The van der Waals surface area contributed by atoms with E-state index >= 15 is 0 Å². The molecule has 0 bridgehead atoms. The second-order valence-corrected chi connectivity index (χ2v) is 5.29. The maximum Gasteiger partial charge on any atom is 0.138 e. The Bertz CT molecular complexity index is 393. The summed E-state index contributed by atoms with van der Waals surface area (Å²) >= 11 is 12.0. The van der Waals surface area contributed by atoms with Crippen molar-refractivity contribution in [2.45, 2.75) is 38.1 Å². The summed E-state index contributed by atoms with van der Waals surface area (Å²) in [5.74, 6) is 1.24. The van der Waals surface area contributed by atoms with Crippen molar-refractivity contribution < 1.29 is 0 Å². The van der Waals surface area contributed by atoms with Crippen molar-refractivity contribution in [3.63, 3.8) is 0 Å². The summed E-state index contributed by atoms with van der Waals surface area (Å²) in [7, 11) is 0. The molecule has 0 radical (unpaired) electrons. The topological polar surface area (TPSA) is 29.0 Å². The lowest BCUT2D eigenvalue weighted by molar-refractivity contribution is 0.513. The van der Waals surface area contributed by atoms with E-state index < -0.39 is 0 Å². The van der Waals surface area contributed by atoms with Crippen molar-refractivity contribution in [2.75, 3.05) is 11.4 Å². The molecule has 1 aliphatic heterocycles. The highest BCUT2D eigenvalue weighted by Crippen LogP contribution is 2.36. The molecule has 0 amide bonds. The smallest absolute Gasteiger partial charge is 0.138 e. The maximum atomic E-state index is 6.04. The summed E-state index contributed by atoms with van der Waals surface area (Å²) in [5.41, 5.74) is 0.958. The van der Waals surface area contributed by atoms with Gasteiger partial charge in [0.05, 0.1) is 5.88 Å². The number of rotatable bonds is 2. The summed E-state index contributed by atoms with van der Waals surface area (Å²) in [4.78, 5) is 10.6. The average Bonchev–Trinajstić information content (AvgIpc) is 2.57. The van der Waals surface area contributed by atoms with E-state index in [1.54, 1.807) is 0 Å². The normalized spacial score (nSPS) is 19.1. The van der Waals surface area contributed by atoms with Gasteiger partial charge in [0.2, 0.25) is 0 Å². The minimum Gasteiger partial charge on any atom is -0.351 e. The van der Waals surface area contributed by atoms with Crippen molar-refractivity contribution in [1.29, 1.82) is 0 Å². The molecule has 1 saturated heterocycles. The lowest BCUT2D eigenvalue weighted by Gasteiger charge is -2.33. The average molecular weight is 260 g/mol. The molecule has 1 aromatic rings. The zero-order chi connectivity index (χ0) is 11.8. The van der Waals surface area contributed by atoms with Gasteiger partial charge in [0.15, 0.2) is 0 Å². The molecule has 2 rings (SSSR count). The predicted octanol–water partition coefficient (Wildman–Crippen LogP) is 3.25. The molecular formula is C11H15Cl2N3. The van der Waals surface area contributed by atoms with E-state index in [1.807, 2.05) is 0 Å². The van der Waals surface area contributed by atoms with Gasteiger partial charge in [-0.3, -0.25) is 0 Å². The molecule has 3 nitrogen and oxygen atoms in total. The Balaban J connectivity index is 2.44. The molecule has 88 valence electrons. The lowest BCUT2D eigenvalue weighted by Crippen LogP contribution is -2.39. The van der Waals surface area contributed by atoms with Crippen LogP contribution in [0.25, 0.3) is 0 Å². The molecule has 0 saturated carbocycles. The third-order valence-electron chi connectivity index (χ3n) is 3.16. The van der Waals surface area contributed by atoms with Gasteiger partial charge in [0, 0.05) is 17.6 Å². The van der Waals surface area contributed by atoms with Gasteiger partial charge in [-0.05, 0) is 26.7 Å². The van der Waals surface area contributed by atoms with E-state index in [1.165, 1.54) is 12.7 Å². The zero-order valence-electron chi connectivity index (χ0n) is 9.50. The van der Waals surface area contributed by atoms with Gasteiger partial charge in [-0.25, -0.2) is 9.97 Å². The molecule has 1 fully saturated rings. The van der Waals surface area contributed by atoms with Gasteiger partial charge in [0.1, 0.15) is 17.3 Å². The molecule has 0 spiro atoms. The summed E-state index contributed by atoms with van der Waals surface area (Å²) in [6.45, 7) is 5.44. The number of hydrogen-bond donors (Lipinski definition) is 0. The van der Waals surface area contributed by atoms with Crippen LogP contribution in [0.2, 0.25) is 5.15 Å². The summed E-state index contributed by atoms with van der Waals surface area (Å²) in [5, 5.41) is 0.461. The molecule has 2 heterocycles. The monoisotopic (exact) mass is 259 g/mol. The standard InChI is InChI=1S/C11H15Cl2N3/c1-11(2)4-3-5-16(11)10-8(6-12)9(13)14-7-15-10/h7H,3-6H2,1-2H3. The molecule has 0 atom stereocenters. The Morgan fingerprint density at radius 3 is 2.75 bits per heavy atom.